The standard InChI is InChI=1S/C18H18Cl2N2O2/c1-12(2)14-5-3-4-6-17(14)24-11-18(23)22-21-10-13-7-8-15(19)16(20)9-13/h3-10,12H,11H2,1-2H3,(H,22,23)/b21-10+. The number of hydrazone groups is 1. The van der Waals surface area contributed by atoms with Crippen molar-refractivity contribution in [3.05, 3.63) is 63.6 Å². The number of carbonyl (C=O) groups is 1. The second-order valence-corrected chi connectivity index (χ2v) is 6.26. The molecule has 2 aromatic carbocycles. The molecule has 1 N–H and O–H groups in total. The van der Waals surface area contributed by atoms with Gasteiger partial charge in [0.25, 0.3) is 5.91 Å². The number of hydrogen-bond acceptors (Lipinski definition) is 3. The number of benzene rings is 2. The lowest BCUT2D eigenvalue weighted by molar-refractivity contribution is -0.123. The van der Waals surface area contributed by atoms with Gasteiger partial charge in [0.2, 0.25) is 0 Å². The Morgan fingerprint density at radius 2 is 1.96 bits per heavy atom. The Labute approximate surface area is 151 Å². The van der Waals surface area contributed by atoms with E-state index in [1.54, 1.807) is 18.2 Å². The number of ether oxygens (including phenoxy) is 1. The quantitative estimate of drug-likeness (QED) is 0.599. The highest BCUT2D eigenvalue weighted by Gasteiger charge is 2.08. The van der Waals surface area contributed by atoms with Gasteiger partial charge in [-0.1, -0.05) is 61.3 Å². The maximum absolute atomic E-state index is 11.8. The smallest absolute Gasteiger partial charge is 0.277 e. The first-order valence-electron chi connectivity index (χ1n) is 7.46. The van der Waals surface area contributed by atoms with E-state index in [0.29, 0.717) is 21.7 Å². The third-order valence-electron chi connectivity index (χ3n) is 3.25. The first kappa shape index (κ1) is 18.3. The molecule has 0 atom stereocenters. The molecule has 126 valence electrons. The number of amides is 1. The molecule has 0 bridgehead atoms. The molecule has 0 aromatic heterocycles. The molecule has 0 spiro atoms. The number of carbonyl (C=O) groups excluding carboxylic acids is 1. The van der Waals surface area contributed by atoms with Gasteiger partial charge < -0.3 is 4.74 Å². The number of rotatable bonds is 6. The van der Waals surface area contributed by atoms with Crippen molar-refractivity contribution in [2.24, 2.45) is 5.10 Å². The zero-order valence-electron chi connectivity index (χ0n) is 13.4. The molecule has 4 nitrogen and oxygen atoms in total. The molecule has 0 aliphatic heterocycles. The van der Waals surface area contributed by atoms with Crippen LogP contribution in [0.15, 0.2) is 47.6 Å². The van der Waals surface area contributed by atoms with Crippen LogP contribution in [-0.4, -0.2) is 18.7 Å². The second-order valence-electron chi connectivity index (χ2n) is 5.45. The first-order chi connectivity index (χ1) is 11.5. The van der Waals surface area contributed by atoms with Crippen LogP contribution in [-0.2, 0) is 4.79 Å². The predicted molar refractivity (Wildman–Crippen MR) is 98.2 cm³/mol. The summed E-state index contributed by atoms with van der Waals surface area (Å²) in [6.07, 6.45) is 1.49. The van der Waals surface area contributed by atoms with Crippen molar-refractivity contribution in [1.29, 1.82) is 0 Å². The monoisotopic (exact) mass is 364 g/mol. The van der Waals surface area contributed by atoms with Gasteiger partial charge in [-0.25, -0.2) is 5.43 Å². The van der Waals surface area contributed by atoms with Gasteiger partial charge >= 0.3 is 0 Å². The van der Waals surface area contributed by atoms with E-state index in [9.17, 15) is 4.79 Å². The van der Waals surface area contributed by atoms with E-state index in [0.717, 1.165) is 11.1 Å². The molecule has 24 heavy (non-hydrogen) atoms. The highest BCUT2D eigenvalue weighted by molar-refractivity contribution is 6.42. The topological polar surface area (TPSA) is 50.7 Å². The second kappa shape index (κ2) is 8.71. The SMILES string of the molecule is CC(C)c1ccccc1OCC(=O)N/N=C/c1ccc(Cl)c(Cl)c1. The Balaban J connectivity index is 1.88. The fourth-order valence-corrected chi connectivity index (χ4v) is 2.34. The average Bonchev–Trinajstić information content (AvgIpc) is 2.56. The van der Waals surface area contributed by atoms with E-state index in [4.69, 9.17) is 27.9 Å². The molecule has 0 heterocycles. The van der Waals surface area contributed by atoms with Crippen molar-refractivity contribution in [2.45, 2.75) is 19.8 Å². The summed E-state index contributed by atoms with van der Waals surface area (Å²) in [6.45, 7) is 4.04. The van der Waals surface area contributed by atoms with Crippen LogP contribution in [0.2, 0.25) is 10.0 Å². The first-order valence-corrected chi connectivity index (χ1v) is 8.21. The van der Waals surface area contributed by atoms with Crippen LogP contribution >= 0.6 is 23.2 Å². The van der Waals surface area contributed by atoms with Gasteiger partial charge in [-0.05, 0) is 35.2 Å². The molecule has 0 aliphatic rings. The minimum Gasteiger partial charge on any atom is -0.483 e. The normalized spacial score (nSPS) is 11.0. The highest BCUT2D eigenvalue weighted by atomic mass is 35.5. The van der Waals surface area contributed by atoms with Gasteiger partial charge in [-0.15, -0.1) is 0 Å². The van der Waals surface area contributed by atoms with Crippen molar-refractivity contribution in [1.82, 2.24) is 5.43 Å². The predicted octanol–water partition coefficient (Wildman–Crippen LogP) is 4.65. The third-order valence-corrected chi connectivity index (χ3v) is 3.99. The summed E-state index contributed by atoms with van der Waals surface area (Å²) in [7, 11) is 0. The van der Waals surface area contributed by atoms with Gasteiger partial charge in [0.1, 0.15) is 5.75 Å². The minimum atomic E-state index is -0.343. The van der Waals surface area contributed by atoms with Gasteiger partial charge in [0.15, 0.2) is 6.61 Å². The molecule has 0 radical (unpaired) electrons. The van der Waals surface area contributed by atoms with Crippen molar-refractivity contribution in [3.63, 3.8) is 0 Å². The summed E-state index contributed by atoms with van der Waals surface area (Å²) >= 11 is 11.7. The van der Waals surface area contributed by atoms with Gasteiger partial charge in [0.05, 0.1) is 16.3 Å². The van der Waals surface area contributed by atoms with E-state index < -0.39 is 0 Å². The molecule has 0 unspecified atom stereocenters. The summed E-state index contributed by atoms with van der Waals surface area (Å²) < 4.78 is 5.57. The summed E-state index contributed by atoms with van der Waals surface area (Å²) in [5, 5.41) is 4.77. The Kier molecular flexibility index (Phi) is 6.64. The van der Waals surface area contributed by atoms with E-state index in [1.807, 2.05) is 24.3 Å². The molecule has 0 saturated carbocycles. The van der Waals surface area contributed by atoms with Crippen LogP contribution in [0.4, 0.5) is 0 Å². The van der Waals surface area contributed by atoms with E-state index in [1.165, 1.54) is 6.21 Å². The van der Waals surface area contributed by atoms with Crippen molar-refractivity contribution in [3.8, 4) is 5.75 Å². The van der Waals surface area contributed by atoms with Crippen LogP contribution in [0.3, 0.4) is 0 Å². The minimum absolute atomic E-state index is 0.109. The zero-order chi connectivity index (χ0) is 17.5. The fourth-order valence-electron chi connectivity index (χ4n) is 2.04. The molecule has 2 rings (SSSR count). The molecule has 0 saturated heterocycles. The largest absolute Gasteiger partial charge is 0.483 e. The lowest BCUT2D eigenvalue weighted by Crippen LogP contribution is -2.24. The highest BCUT2D eigenvalue weighted by Crippen LogP contribution is 2.25. The molecule has 6 heteroatoms. The Morgan fingerprint density at radius 3 is 2.67 bits per heavy atom. The van der Waals surface area contributed by atoms with Crippen LogP contribution in [0.5, 0.6) is 5.75 Å². The number of para-hydroxylation sites is 1. The van der Waals surface area contributed by atoms with Crippen LogP contribution in [0.1, 0.15) is 30.9 Å². The Hall–Kier alpha value is -2.04. The number of hydrogen-bond donors (Lipinski definition) is 1. The Bertz CT molecular complexity index is 746. The van der Waals surface area contributed by atoms with Gasteiger partial charge in [-0.3, -0.25) is 4.79 Å². The summed E-state index contributed by atoms with van der Waals surface area (Å²) in [5.74, 6) is 0.679. The summed E-state index contributed by atoms with van der Waals surface area (Å²) in [5.41, 5.74) is 4.21. The fraction of sp³-hybridized carbons (Fsp3) is 0.222. The molecule has 2 aromatic rings. The average molecular weight is 365 g/mol. The maximum atomic E-state index is 11.8. The maximum Gasteiger partial charge on any atom is 0.277 e. The Morgan fingerprint density at radius 1 is 1.21 bits per heavy atom. The molecule has 0 aliphatic carbocycles. The van der Waals surface area contributed by atoms with Crippen molar-refractivity contribution in [2.75, 3.05) is 6.61 Å². The van der Waals surface area contributed by atoms with E-state index >= 15 is 0 Å². The van der Waals surface area contributed by atoms with Crippen LogP contribution in [0.25, 0.3) is 0 Å². The summed E-state index contributed by atoms with van der Waals surface area (Å²) in [4.78, 5) is 11.8. The van der Waals surface area contributed by atoms with Crippen molar-refractivity contribution >= 4 is 35.3 Å². The number of halogens is 2. The van der Waals surface area contributed by atoms with Crippen LogP contribution < -0.4 is 10.2 Å². The number of nitrogens with one attached hydrogen (secondary N) is 1. The van der Waals surface area contributed by atoms with Crippen molar-refractivity contribution < 1.29 is 9.53 Å². The van der Waals surface area contributed by atoms with E-state index in [2.05, 4.69) is 24.4 Å². The van der Waals surface area contributed by atoms with E-state index in [-0.39, 0.29) is 12.5 Å². The lowest BCUT2D eigenvalue weighted by atomic mass is 10.0. The van der Waals surface area contributed by atoms with Gasteiger partial charge in [0, 0.05) is 0 Å². The number of nitrogens with zero attached hydrogens (tertiary/aromatic N) is 1. The molecular weight excluding hydrogens is 347 g/mol. The summed E-state index contributed by atoms with van der Waals surface area (Å²) in [6, 6.07) is 12.7. The lowest BCUT2D eigenvalue weighted by Gasteiger charge is -2.12. The third kappa shape index (κ3) is 5.25. The van der Waals surface area contributed by atoms with Crippen LogP contribution in [0, 0.1) is 0 Å². The molecular formula is C18H18Cl2N2O2. The molecule has 1 amide bonds. The zero-order valence-corrected chi connectivity index (χ0v) is 14.9. The van der Waals surface area contributed by atoms with Gasteiger partial charge in [-0.2, -0.15) is 5.10 Å². The molecule has 0 fully saturated rings.